The van der Waals surface area contributed by atoms with Crippen LogP contribution in [0.2, 0.25) is 5.02 Å². The van der Waals surface area contributed by atoms with Gasteiger partial charge in [0.05, 0.1) is 11.6 Å². The molecule has 0 aliphatic carbocycles. The molecule has 1 rings (SSSR count). The number of rotatable bonds is 7. The second kappa shape index (κ2) is 8.64. The van der Waals surface area contributed by atoms with Gasteiger partial charge < -0.3 is 10.1 Å². The minimum Gasteiger partial charge on any atom is -0.383 e. The first-order chi connectivity index (χ1) is 8.66. The molecule has 0 fully saturated rings. The Kier molecular flexibility index (Phi) is 7.51. The van der Waals surface area contributed by atoms with E-state index >= 15 is 0 Å². The van der Waals surface area contributed by atoms with E-state index in [0.29, 0.717) is 16.6 Å². The van der Waals surface area contributed by atoms with Crippen molar-refractivity contribution in [2.24, 2.45) is 0 Å². The highest BCUT2D eigenvalue weighted by Crippen LogP contribution is 2.28. The van der Waals surface area contributed by atoms with Gasteiger partial charge in [0, 0.05) is 23.7 Å². The first-order valence-electron chi connectivity index (χ1n) is 5.66. The summed E-state index contributed by atoms with van der Waals surface area (Å²) >= 11 is 8.98. The van der Waals surface area contributed by atoms with Gasteiger partial charge in [-0.25, -0.2) is 4.39 Å². The molecular weight excluding hydrogens is 321 g/mol. The molecule has 0 spiro atoms. The molecule has 0 aromatic heterocycles. The minimum absolute atomic E-state index is 0.121. The van der Waals surface area contributed by atoms with Crippen LogP contribution in [0.4, 0.5) is 4.39 Å². The van der Waals surface area contributed by atoms with Crippen molar-refractivity contribution in [3.05, 3.63) is 39.1 Å². The summed E-state index contributed by atoms with van der Waals surface area (Å²) < 4.78 is 19.2. The second-order valence-electron chi connectivity index (χ2n) is 3.70. The van der Waals surface area contributed by atoms with Gasteiger partial charge in [0.2, 0.25) is 0 Å². The fourth-order valence-corrected chi connectivity index (χ4v) is 1.84. The van der Waals surface area contributed by atoms with Crippen LogP contribution in [-0.4, -0.2) is 26.8 Å². The van der Waals surface area contributed by atoms with E-state index in [-0.39, 0.29) is 5.02 Å². The molecule has 0 unspecified atom stereocenters. The summed E-state index contributed by atoms with van der Waals surface area (Å²) in [5, 5.41) is 3.32. The number of halogens is 3. The predicted molar refractivity (Wildman–Crippen MR) is 77.5 cm³/mol. The van der Waals surface area contributed by atoms with Crippen LogP contribution in [0, 0.1) is 5.82 Å². The Balaban J connectivity index is 2.41. The average molecular weight is 337 g/mol. The fourth-order valence-electron chi connectivity index (χ4n) is 1.36. The van der Waals surface area contributed by atoms with Gasteiger partial charge in [-0.2, -0.15) is 0 Å². The van der Waals surface area contributed by atoms with Crippen LogP contribution >= 0.6 is 27.5 Å². The lowest BCUT2D eigenvalue weighted by atomic mass is 10.2. The molecule has 0 radical (unpaired) electrons. The zero-order valence-electron chi connectivity index (χ0n) is 10.2. The number of methoxy groups -OCH3 is 1. The van der Waals surface area contributed by atoms with E-state index in [1.165, 1.54) is 0 Å². The zero-order valence-corrected chi connectivity index (χ0v) is 12.5. The van der Waals surface area contributed by atoms with Crippen molar-refractivity contribution in [3.63, 3.8) is 0 Å². The maximum atomic E-state index is 13.7. The van der Waals surface area contributed by atoms with Gasteiger partial charge in [-0.3, -0.25) is 0 Å². The normalized spacial score (nSPS) is 11.3. The van der Waals surface area contributed by atoms with Gasteiger partial charge in [0.15, 0.2) is 0 Å². The van der Waals surface area contributed by atoms with Gasteiger partial charge in [0.25, 0.3) is 0 Å². The molecule has 0 atom stereocenters. The smallest absolute Gasteiger partial charge is 0.150 e. The van der Waals surface area contributed by atoms with Crippen molar-refractivity contribution in [2.75, 3.05) is 26.8 Å². The third kappa shape index (κ3) is 5.06. The van der Waals surface area contributed by atoms with Crippen LogP contribution < -0.4 is 5.32 Å². The first kappa shape index (κ1) is 15.6. The van der Waals surface area contributed by atoms with Crippen LogP contribution in [0.3, 0.4) is 0 Å². The van der Waals surface area contributed by atoms with Crippen molar-refractivity contribution in [3.8, 4) is 0 Å². The molecule has 0 amide bonds. The molecule has 0 bridgehead atoms. The largest absolute Gasteiger partial charge is 0.383 e. The SMILES string of the molecule is COCCNCC/C=C/c1ccc(Br)c(Cl)c1F. The second-order valence-corrected chi connectivity index (χ2v) is 4.93. The molecule has 0 heterocycles. The maximum Gasteiger partial charge on any atom is 0.150 e. The highest BCUT2D eigenvalue weighted by molar-refractivity contribution is 9.10. The molecule has 5 heteroatoms. The van der Waals surface area contributed by atoms with E-state index < -0.39 is 5.82 Å². The maximum absolute atomic E-state index is 13.7. The predicted octanol–water partition coefficient (Wildman–Crippen LogP) is 3.88. The molecule has 0 aliphatic rings. The topological polar surface area (TPSA) is 21.3 Å². The number of benzene rings is 1. The molecule has 2 nitrogen and oxygen atoms in total. The van der Waals surface area contributed by atoms with Gasteiger partial charge in [-0.15, -0.1) is 0 Å². The van der Waals surface area contributed by atoms with Crippen LogP contribution in [0.1, 0.15) is 12.0 Å². The van der Waals surface area contributed by atoms with Gasteiger partial charge in [-0.05, 0) is 35.0 Å². The number of ether oxygens (including phenoxy) is 1. The Morgan fingerprint density at radius 2 is 2.22 bits per heavy atom. The molecule has 1 aromatic carbocycles. The van der Waals surface area contributed by atoms with E-state index in [4.69, 9.17) is 16.3 Å². The Labute approximate surface area is 120 Å². The molecule has 100 valence electrons. The Hall–Kier alpha value is -0.420. The molecule has 0 aliphatic heterocycles. The third-order valence-corrected chi connectivity index (χ3v) is 3.59. The minimum atomic E-state index is -0.394. The highest BCUT2D eigenvalue weighted by Gasteiger charge is 2.07. The zero-order chi connectivity index (χ0) is 13.4. The monoisotopic (exact) mass is 335 g/mol. The fraction of sp³-hybridized carbons (Fsp3) is 0.385. The molecule has 0 saturated carbocycles. The lowest BCUT2D eigenvalue weighted by molar-refractivity contribution is 0.199. The van der Waals surface area contributed by atoms with Crippen LogP contribution in [0.5, 0.6) is 0 Å². The van der Waals surface area contributed by atoms with Crippen molar-refractivity contribution >= 4 is 33.6 Å². The van der Waals surface area contributed by atoms with Gasteiger partial charge in [0.1, 0.15) is 5.82 Å². The summed E-state index contributed by atoms with van der Waals surface area (Å²) in [6.07, 6.45) is 4.49. The summed E-state index contributed by atoms with van der Waals surface area (Å²) in [7, 11) is 1.67. The summed E-state index contributed by atoms with van der Waals surface area (Å²) in [6.45, 7) is 2.36. The summed E-state index contributed by atoms with van der Waals surface area (Å²) in [4.78, 5) is 0. The highest BCUT2D eigenvalue weighted by atomic mass is 79.9. The van der Waals surface area contributed by atoms with Crippen molar-refractivity contribution < 1.29 is 9.13 Å². The van der Waals surface area contributed by atoms with Crippen LogP contribution in [0.15, 0.2) is 22.7 Å². The van der Waals surface area contributed by atoms with Crippen molar-refractivity contribution in [2.45, 2.75) is 6.42 Å². The summed E-state index contributed by atoms with van der Waals surface area (Å²) in [6, 6.07) is 3.43. The van der Waals surface area contributed by atoms with Crippen molar-refractivity contribution in [1.82, 2.24) is 5.32 Å². The average Bonchev–Trinajstić information content (AvgIpc) is 2.37. The summed E-state index contributed by atoms with van der Waals surface area (Å²) in [5.74, 6) is -0.394. The number of hydrogen-bond donors (Lipinski definition) is 1. The Bertz CT molecular complexity index is 412. The Morgan fingerprint density at radius 1 is 1.44 bits per heavy atom. The van der Waals surface area contributed by atoms with E-state index in [9.17, 15) is 4.39 Å². The van der Waals surface area contributed by atoms with E-state index in [2.05, 4.69) is 21.2 Å². The van der Waals surface area contributed by atoms with Gasteiger partial charge >= 0.3 is 0 Å². The number of hydrogen-bond acceptors (Lipinski definition) is 2. The van der Waals surface area contributed by atoms with Crippen LogP contribution in [-0.2, 0) is 4.74 Å². The van der Waals surface area contributed by atoms with E-state index in [1.54, 1.807) is 25.3 Å². The lowest BCUT2D eigenvalue weighted by Gasteiger charge is -2.02. The standard InChI is InChI=1S/C13H16BrClFNO/c1-18-9-8-17-7-3-2-4-10-5-6-11(14)12(15)13(10)16/h2,4-6,17H,3,7-9H2,1H3/b4-2+. The molecule has 1 N–H and O–H groups in total. The van der Waals surface area contributed by atoms with Crippen LogP contribution in [0.25, 0.3) is 6.08 Å². The molecular formula is C13H16BrClFNO. The van der Waals surface area contributed by atoms with E-state index in [1.807, 2.05) is 6.08 Å². The molecule has 1 aromatic rings. The molecule has 0 saturated heterocycles. The number of nitrogens with one attached hydrogen (secondary N) is 1. The van der Waals surface area contributed by atoms with Gasteiger partial charge in [-0.1, -0.05) is 29.8 Å². The van der Waals surface area contributed by atoms with Crippen molar-refractivity contribution in [1.29, 1.82) is 0 Å². The summed E-state index contributed by atoms with van der Waals surface area (Å²) in [5.41, 5.74) is 0.500. The lowest BCUT2D eigenvalue weighted by Crippen LogP contribution is -2.19. The Morgan fingerprint density at radius 3 is 2.94 bits per heavy atom. The quantitative estimate of drug-likeness (QED) is 0.602. The third-order valence-electron chi connectivity index (χ3n) is 2.33. The van der Waals surface area contributed by atoms with E-state index in [0.717, 1.165) is 19.5 Å². The molecule has 18 heavy (non-hydrogen) atoms. The first-order valence-corrected chi connectivity index (χ1v) is 6.83.